The molecule has 1 aromatic carbocycles. The van der Waals surface area contributed by atoms with E-state index >= 15 is 0 Å². The number of nitrogen functional groups attached to an aromatic ring is 1. The van der Waals surface area contributed by atoms with E-state index < -0.39 is 0 Å². The van der Waals surface area contributed by atoms with Gasteiger partial charge in [-0.15, -0.1) is 0 Å². The molecule has 90 valence electrons. The van der Waals surface area contributed by atoms with E-state index in [0.29, 0.717) is 16.9 Å². The first kappa shape index (κ1) is 11.6. The molecule has 1 aliphatic heterocycles. The first-order chi connectivity index (χ1) is 8.00. The Morgan fingerprint density at radius 3 is 2.71 bits per heavy atom. The lowest BCUT2D eigenvalue weighted by molar-refractivity contribution is -0.121. The Morgan fingerprint density at radius 1 is 1.35 bits per heavy atom. The maximum absolute atomic E-state index is 12.1. The van der Waals surface area contributed by atoms with Gasteiger partial charge < -0.3 is 11.1 Å². The van der Waals surface area contributed by atoms with Crippen LogP contribution in [0.5, 0.6) is 0 Å². The van der Waals surface area contributed by atoms with Gasteiger partial charge in [0.05, 0.1) is 11.3 Å². The molecule has 3 N–H and O–H groups in total. The van der Waals surface area contributed by atoms with Gasteiger partial charge in [0.15, 0.2) is 5.78 Å². The van der Waals surface area contributed by atoms with Crippen molar-refractivity contribution < 1.29 is 9.59 Å². The number of nitrogens with two attached hydrogens (primary N) is 1. The molecule has 1 aliphatic rings. The van der Waals surface area contributed by atoms with Crippen molar-refractivity contribution in [2.75, 3.05) is 11.1 Å². The second-order valence-electron chi connectivity index (χ2n) is 4.74. The summed E-state index contributed by atoms with van der Waals surface area (Å²) in [5.74, 6) is -0.309. The minimum absolute atomic E-state index is 0.0600. The third-order valence-corrected chi connectivity index (χ3v) is 3.18. The van der Waals surface area contributed by atoms with E-state index in [4.69, 9.17) is 5.73 Å². The summed E-state index contributed by atoms with van der Waals surface area (Å²) >= 11 is 0. The van der Waals surface area contributed by atoms with Gasteiger partial charge in [0, 0.05) is 18.0 Å². The number of hydrogen-bond acceptors (Lipinski definition) is 3. The third kappa shape index (κ3) is 2.02. The molecule has 1 atom stereocenters. The molecule has 0 bridgehead atoms. The van der Waals surface area contributed by atoms with Crippen molar-refractivity contribution in [3.05, 3.63) is 23.8 Å². The van der Waals surface area contributed by atoms with Crippen molar-refractivity contribution in [3.63, 3.8) is 0 Å². The lowest BCUT2D eigenvalue weighted by atomic mass is 9.89. The van der Waals surface area contributed by atoms with Crippen LogP contribution in [0.1, 0.15) is 30.6 Å². The molecule has 0 aromatic heterocycles. The Bertz CT molecular complexity index is 480. The zero-order valence-corrected chi connectivity index (χ0v) is 9.99. The molecular weight excluding hydrogens is 216 g/mol. The van der Waals surface area contributed by atoms with Crippen molar-refractivity contribution in [2.45, 2.75) is 20.3 Å². The second kappa shape index (κ2) is 4.20. The Labute approximate surface area is 100 Å². The van der Waals surface area contributed by atoms with Gasteiger partial charge >= 0.3 is 0 Å². The molecule has 1 aromatic rings. The van der Waals surface area contributed by atoms with E-state index in [9.17, 15) is 9.59 Å². The first-order valence-electron chi connectivity index (χ1n) is 5.73. The van der Waals surface area contributed by atoms with E-state index in [-0.39, 0.29) is 29.9 Å². The van der Waals surface area contributed by atoms with Gasteiger partial charge in [0.2, 0.25) is 5.91 Å². The predicted octanol–water partition coefficient (Wildman–Crippen LogP) is 2.07. The Balaban J connectivity index is 2.47. The molecule has 0 spiro atoms. The van der Waals surface area contributed by atoms with E-state index in [0.717, 1.165) is 0 Å². The van der Waals surface area contributed by atoms with Crippen LogP contribution in [0.15, 0.2) is 18.2 Å². The highest BCUT2D eigenvalue weighted by Gasteiger charge is 2.31. The molecule has 4 nitrogen and oxygen atoms in total. The van der Waals surface area contributed by atoms with Gasteiger partial charge in [-0.2, -0.15) is 0 Å². The SMILES string of the molecule is CC(C)[C@H]1CC(=O)c2c(N)cccc2NC1=O. The number of fused-ring (bicyclic) bond motifs is 1. The number of nitrogens with one attached hydrogen (secondary N) is 1. The van der Waals surface area contributed by atoms with Crippen LogP contribution in [-0.2, 0) is 4.79 Å². The maximum Gasteiger partial charge on any atom is 0.228 e. The van der Waals surface area contributed by atoms with Gasteiger partial charge in [0.25, 0.3) is 0 Å². The largest absolute Gasteiger partial charge is 0.398 e. The molecule has 17 heavy (non-hydrogen) atoms. The summed E-state index contributed by atoms with van der Waals surface area (Å²) in [5.41, 5.74) is 7.20. The Kier molecular flexibility index (Phi) is 2.88. The van der Waals surface area contributed by atoms with Crippen LogP contribution in [0.3, 0.4) is 0 Å². The lowest BCUT2D eigenvalue weighted by Crippen LogP contribution is -2.26. The van der Waals surface area contributed by atoms with E-state index in [1.54, 1.807) is 18.2 Å². The number of anilines is 2. The summed E-state index contributed by atoms with van der Waals surface area (Å²) in [6.45, 7) is 3.88. The summed E-state index contributed by atoms with van der Waals surface area (Å²) in [7, 11) is 0. The molecule has 1 amide bonds. The van der Waals surface area contributed by atoms with Crippen molar-refractivity contribution in [2.24, 2.45) is 11.8 Å². The molecule has 0 aliphatic carbocycles. The maximum atomic E-state index is 12.1. The van der Waals surface area contributed by atoms with Crippen molar-refractivity contribution in [1.82, 2.24) is 0 Å². The summed E-state index contributed by atoms with van der Waals surface area (Å²) in [6, 6.07) is 5.13. The standard InChI is InChI=1S/C13H16N2O2/c1-7(2)8-6-11(16)12-9(14)4-3-5-10(12)15-13(8)17/h3-5,7-8H,6,14H2,1-2H3,(H,15,17)/t8-/m1/s1. The van der Waals surface area contributed by atoms with Crippen molar-refractivity contribution >= 4 is 23.1 Å². The number of amides is 1. The molecule has 0 saturated carbocycles. The number of carbonyl (C=O) groups excluding carboxylic acids is 2. The minimum atomic E-state index is -0.283. The van der Waals surface area contributed by atoms with Gasteiger partial charge in [-0.3, -0.25) is 9.59 Å². The van der Waals surface area contributed by atoms with E-state index in [1.807, 2.05) is 13.8 Å². The summed E-state index contributed by atoms with van der Waals surface area (Å²) in [4.78, 5) is 24.1. The predicted molar refractivity (Wildman–Crippen MR) is 66.8 cm³/mol. The molecule has 0 fully saturated rings. The summed E-state index contributed by atoms with van der Waals surface area (Å²) < 4.78 is 0. The normalized spacial score (nSPS) is 19.8. The van der Waals surface area contributed by atoms with E-state index in [2.05, 4.69) is 5.32 Å². The van der Waals surface area contributed by atoms with Gasteiger partial charge in [-0.25, -0.2) is 0 Å². The Hall–Kier alpha value is -1.84. The van der Waals surface area contributed by atoms with Crippen LogP contribution in [0.4, 0.5) is 11.4 Å². The molecule has 0 saturated heterocycles. The van der Waals surface area contributed by atoms with Crippen molar-refractivity contribution in [1.29, 1.82) is 0 Å². The fraction of sp³-hybridized carbons (Fsp3) is 0.385. The van der Waals surface area contributed by atoms with Crippen molar-refractivity contribution in [3.8, 4) is 0 Å². The molecule has 0 unspecified atom stereocenters. The number of Topliss-reactive ketones (excluding diaryl/α,β-unsaturated/α-hetero) is 1. The average Bonchev–Trinajstić information content (AvgIpc) is 2.36. The smallest absolute Gasteiger partial charge is 0.228 e. The van der Waals surface area contributed by atoms with E-state index in [1.165, 1.54) is 0 Å². The fourth-order valence-electron chi connectivity index (χ4n) is 2.14. The lowest BCUT2D eigenvalue weighted by Gasteiger charge is -2.15. The number of benzene rings is 1. The molecule has 4 heteroatoms. The topological polar surface area (TPSA) is 72.2 Å². The highest BCUT2D eigenvalue weighted by Crippen LogP contribution is 2.31. The number of ketones is 1. The molecular formula is C13H16N2O2. The second-order valence-corrected chi connectivity index (χ2v) is 4.74. The molecule has 0 radical (unpaired) electrons. The monoisotopic (exact) mass is 232 g/mol. The number of hydrogen-bond donors (Lipinski definition) is 2. The van der Waals surface area contributed by atoms with Crippen LogP contribution < -0.4 is 11.1 Å². The molecule has 1 heterocycles. The highest BCUT2D eigenvalue weighted by molar-refractivity contribution is 6.12. The zero-order chi connectivity index (χ0) is 12.6. The molecule has 2 rings (SSSR count). The van der Waals surface area contributed by atoms with Crippen LogP contribution in [-0.4, -0.2) is 11.7 Å². The number of carbonyl (C=O) groups is 2. The van der Waals surface area contributed by atoms with Crippen LogP contribution in [0.2, 0.25) is 0 Å². The highest BCUT2D eigenvalue weighted by atomic mass is 16.2. The van der Waals surface area contributed by atoms with Crippen LogP contribution in [0, 0.1) is 11.8 Å². The van der Waals surface area contributed by atoms with Crippen LogP contribution in [0.25, 0.3) is 0 Å². The zero-order valence-electron chi connectivity index (χ0n) is 9.99. The first-order valence-corrected chi connectivity index (χ1v) is 5.73. The summed E-state index contributed by atoms with van der Waals surface area (Å²) in [5, 5.41) is 2.79. The third-order valence-electron chi connectivity index (χ3n) is 3.18. The van der Waals surface area contributed by atoms with Gasteiger partial charge in [0.1, 0.15) is 0 Å². The van der Waals surface area contributed by atoms with Gasteiger partial charge in [-0.05, 0) is 18.1 Å². The minimum Gasteiger partial charge on any atom is -0.398 e. The Morgan fingerprint density at radius 2 is 2.06 bits per heavy atom. The number of rotatable bonds is 1. The average molecular weight is 232 g/mol. The quantitative estimate of drug-likeness (QED) is 0.728. The summed E-state index contributed by atoms with van der Waals surface area (Å²) in [6.07, 6.45) is 0.227. The van der Waals surface area contributed by atoms with Gasteiger partial charge in [-0.1, -0.05) is 19.9 Å². The fourth-order valence-corrected chi connectivity index (χ4v) is 2.14. The van der Waals surface area contributed by atoms with Crippen LogP contribution >= 0.6 is 0 Å².